The monoisotopic (exact) mass is 292 g/mol. The molecule has 110 valence electrons. The van der Waals surface area contributed by atoms with Crippen LogP contribution in [0.1, 0.15) is 5.56 Å². The third-order valence-electron chi connectivity index (χ3n) is 2.44. The second-order valence-electron chi connectivity index (χ2n) is 4.09. The van der Waals surface area contributed by atoms with Crippen molar-refractivity contribution in [1.29, 1.82) is 0 Å². The van der Waals surface area contributed by atoms with Crippen molar-refractivity contribution in [2.45, 2.75) is 13.1 Å². The SMILES string of the molecule is Cc1ccc([N+](=O)[O-])cc1N(CC(=O)O)CC(F)(F)F. The van der Waals surface area contributed by atoms with E-state index in [1.54, 1.807) is 0 Å². The minimum Gasteiger partial charge on any atom is -0.480 e. The smallest absolute Gasteiger partial charge is 0.405 e. The maximum Gasteiger partial charge on any atom is 0.405 e. The van der Waals surface area contributed by atoms with Crippen LogP contribution in [-0.2, 0) is 4.79 Å². The van der Waals surface area contributed by atoms with E-state index in [2.05, 4.69) is 0 Å². The number of nitro benzene ring substituents is 1. The van der Waals surface area contributed by atoms with Gasteiger partial charge < -0.3 is 10.0 Å². The number of aryl methyl sites for hydroxylation is 1. The zero-order valence-electron chi connectivity index (χ0n) is 10.3. The normalized spacial score (nSPS) is 11.2. The number of rotatable bonds is 5. The quantitative estimate of drug-likeness (QED) is 0.665. The lowest BCUT2D eigenvalue weighted by Crippen LogP contribution is -2.38. The van der Waals surface area contributed by atoms with E-state index in [-0.39, 0.29) is 5.69 Å². The lowest BCUT2D eigenvalue weighted by Gasteiger charge is -2.25. The molecule has 1 N–H and O–H groups in total. The van der Waals surface area contributed by atoms with Gasteiger partial charge in [-0.05, 0) is 12.5 Å². The summed E-state index contributed by atoms with van der Waals surface area (Å²) < 4.78 is 37.4. The number of halogens is 3. The van der Waals surface area contributed by atoms with Gasteiger partial charge in [-0.15, -0.1) is 0 Å². The Balaban J connectivity index is 3.21. The summed E-state index contributed by atoms with van der Waals surface area (Å²) in [4.78, 5) is 21.1. The van der Waals surface area contributed by atoms with Gasteiger partial charge in [-0.2, -0.15) is 13.2 Å². The molecule has 0 aliphatic rings. The zero-order valence-corrected chi connectivity index (χ0v) is 10.3. The largest absolute Gasteiger partial charge is 0.480 e. The first-order chi connectivity index (χ1) is 9.10. The van der Waals surface area contributed by atoms with E-state index in [4.69, 9.17) is 5.11 Å². The highest BCUT2D eigenvalue weighted by molar-refractivity contribution is 5.75. The molecule has 1 aromatic carbocycles. The van der Waals surface area contributed by atoms with Crippen LogP contribution in [0.25, 0.3) is 0 Å². The minimum absolute atomic E-state index is 0.126. The Labute approximate surface area is 111 Å². The summed E-state index contributed by atoms with van der Waals surface area (Å²) in [5.41, 5.74) is -0.205. The number of nitrogens with zero attached hydrogens (tertiary/aromatic N) is 2. The molecule has 0 saturated heterocycles. The summed E-state index contributed by atoms with van der Waals surface area (Å²) in [5.74, 6) is -1.46. The van der Waals surface area contributed by atoms with Crippen molar-refractivity contribution >= 4 is 17.3 Å². The number of alkyl halides is 3. The van der Waals surface area contributed by atoms with Gasteiger partial charge in [0.2, 0.25) is 0 Å². The zero-order chi connectivity index (χ0) is 15.5. The van der Waals surface area contributed by atoms with E-state index >= 15 is 0 Å². The van der Waals surface area contributed by atoms with Crippen LogP contribution >= 0.6 is 0 Å². The van der Waals surface area contributed by atoms with E-state index in [9.17, 15) is 28.1 Å². The van der Waals surface area contributed by atoms with Gasteiger partial charge in [-0.1, -0.05) is 6.07 Å². The van der Waals surface area contributed by atoms with Crippen molar-refractivity contribution in [2.75, 3.05) is 18.0 Å². The molecule has 0 aliphatic carbocycles. The summed E-state index contributed by atoms with van der Waals surface area (Å²) >= 11 is 0. The molecule has 0 bridgehead atoms. The van der Waals surface area contributed by atoms with Crippen molar-refractivity contribution in [1.82, 2.24) is 0 Å². The standard InChI is InChI=1S/C11H11F3N2O4/c1-7-2-3-8(16(19)20)4-9(7)15(5-10(17)18)6-11(12,13)14/h2-4H,5-6H2,1H3,(H,17,18). The topological polar surface area (TPSA) is 83.7 Å². The van der Waals surface area contributed by atoms with Crippen molar-refractivity contribution < 1.29 is 28.0 Å². The number of hydrogen-bond donors (Lipinski definition) is 1. The molecule has 1 rings (SSSR count). The Hall–Kier alpha value is -2.32. The number of carboxylic acids is 1. The number of benzene rings is 1. The minimum atomic E-state index is -4.62. The number of anilines is 1. The van der Waals surface area contributed by atoms with Crippen LogP contribution in [-0.4, -0.2) is 35.3 Å². The van der Waals surface area contributed by atoms with Gasteiger partial charge in [-0.3, -0.25) is 14.9 Å². The van der Waals surface area contributed by atoms with Crippen molar-refractivity contribution in [3.05, 3.63) is 33.9 Å². The Morgan fingerprint density at radius 3 is 2.50 bits per heavy atom. The summed E-state index contributed by atoms with van der Waals surface area (Å²) in [7, 11) is 0. The molecule has 0 aliphatic heterocycles. The Morgan fingerprint density at radius 2 is 2.05 bits per heavy atom. The van der Waals surface area contributed by atoms with E-state index in [1.165, 1.54) is 13.0 Å². The number of aliphatic carboxylic acids is 1. The van der Waals surface area contributed by atoms with Crippen molar-refractivity contribution in [3.8, 4) is 0 Å². The highest BCUT2D eigenvalue weighted by Crippen LogP contribution is 2.28. The molecule has 0 heterocycles. The Bertz CT molecular complexity index is 531. The van der Waals surface area contributed by atoms with Crippen LogP contribution in [0.2, 0.25) is 0 Å². The lowest BCUT2D eigenvalue weighted by molar-refractivity contribution is -0.384. The van der Waals surface area contributed by atoms with Gasteiger partial charge >= 0.3 is 12.1 Å². The summed E-state index contributed by atoms with van der Waals surface area (Å²) in [6.45, 7) is -0.951. The van der Waals surface area contributed by atoms with Crippen LogP contribution in [0.5, 0.6) is 0 Å². The number of carboxylic acid groups (broad SMARTS) is 1. The lowest BCUT2D eigenvalue weighted by atomic mass is 10.1. The Kier molecular flexibility index (Phi) is 4.53. The maximum atomic E-state index is 12.5. The van der Waals surface area contributed by atoms with E-state index < -0.39 is 35.8 Å². The third kappa shape index (κ3) is 4.41. The van der Waals surface area contributed by atoms with Gasteiger partial charge in [0.15, 0.2) is 0 Å². The average molecular weight is 292 g/mol. The molecule has 0 unspecified atom stereocenters. The van der Waals surface area contributed by atoms with Gasteiger partial charge in [0.1, 0.15) is 13.1 Å². The number of hydrogen-bond acceptors (Lipinski definition) is 4. The Morgan fingerprint density at radius 1 is 1.45 bits per heavy atom. The number of non-ortho nitro benzene ring substituents is 1. The van der Waals surface area contributed by atoms with Crippen molar-refractivity contribution in [2.24, 2.45) is 0 Å². The first-order valence-electron chi connectivity index (χ1n) is 5.38. The van der Waals surface area contributed by atoms with Gasteiger partial charge in [0.25, 0.3) is 5.69 Å². The second kappa shape index (κ2) is 5.76. The summed E-state index contributed by atoms with van der Waals surface area (Å²) in [5, 5.41) is 19.3. The van der Waals surface area contributed by atoms with Crippen LogP contribution in [0.15, 0.2) is 18.2 Å². The van der Waals surface area contributed by atoms with Crippen LogP contribution in [0.4, 0.5) is 24.5 Å². The fourth-order valence-corrected chi connectivity index (χ4v) is 1.66. The highest BCUT2D eigenvalue weighted by atomic mass is 19.4. The molecule has 0 aromatic heterocycles. The average Bonchev–Trinajstić information content (AvgIpc) is 2.25. The maximum absolute atomic E-state index is 12.5. The molecule has 9 heteroatoms. The molecule has 6 nitrogen and oxygen atoms in total. The first kappa shape index (κ1) is 15.7. The van der Waals surface area contributed by atoms with Gasteiger partial charge in [0.05, 0.1) is 4.92 Å². The fourth-order valence-electron chi connectivity index (χ4n) is 1.66. The van der Waals surface area contributed by atoms with Gasteiger partial charge in [0, 0.05) is 17.8 Å². The van der Waals surface area contributed by atoms with Crippen LogP contribution < -0.4 is 4.90 Å². The fraction of sp³-hybridized carbons (Fsp3) is 0.364. The molecule has 0 saturated carbocycles. The van der Waals surface area contributed by atoms with E-state index in [0.29, 0.717) is 10.5 Å². The second-order valence-corrected chi connectivity index (χ2v) is 4.09. The highest BCUT2D eigenvalue weighted by Gasteiger charge is 2.32. The van der Waals surface area contributed by atoms with Crippen LogP contribution in [0.3, 0.4) is 0 Å². The summed E-state index contributed by atoms with van der Waals surface area (Å²) in [6.07, 6.45) is -4.62. The van der Waals surface area contributed by atoms with Gasteiger partial charge in [-0.25, -0.2) is 0 Å². The molecule has 20 heavy (non-hydrogen) atoms. The molecule has 1 aromatic rings. The van der Waals surface area contributed by atoms with E-state index in [1.807, 2.05) is 0 Å². The predicted octanol–water partition coefficient (Wildman–Crippen LogP) is 2.36. The molecule has 0 radical (unpaired) electrons. The van der Waals surface area contributed by atoms with E-state index in [0.717, 1.165) is 12.1 Å². The number of nitro groups is 1. The molecule has 0 atom stereocenters. The number of carbonyl (C=O) groups is 1. The molecule has 0 amide bonds. The van der Waals surface area contributed by atoms with Crippen molar-refractivity contribution in [3.63, 3.8) is 0 Å². The molecular formula is C11H11F3N2O4. The van der Waals surface area contributed by atoms with Crippen LogP contribution in [0, 0.1) is 17.0 Å². The molecule has 0 fully saturated rings. The predicted molar refractivity (Wildman–Crippen MR) is 63.7 cm³/mol. The molecular weight excluding hydrogens is 281 g/mol. The summed E-state index contributed by atoms with van der Waals surface area (Å²) in [6, 6.07) is 3.36. The molecule has 0 spiro atoms. The first-order valence-corrected chi connectivity index (χ1v) is 5.38. The third-order valence-corrected chi connectivity index (χ3v) is 2.44.